The highest BCUT2D eigenvalue weighted by Crippen LogP contribution is 2.43. The monoisotopic (exact) mass is 1250 g/mol. The second-order valence-electron chi connectivity index (χ2n) is 22.3. The zero-order valence-electron chi connectivity index (χ0n) is 50.9. The molecular formula is C65H73N9O15S. The summed E-state index contributed by atoms with van der Waals surface area (Å²) < 4.78 is 30.3. The predicted octanol–water partition coefficient (Wildman–Crippen LogP) is 8.24. The third-order valence-corrected chi connectivity index (χ3v) is 16.7. The van der Waals surface area contributed by atoms with E-state index < -0.39 is 41.8 Å². The highest BCUT2D eigenvalue weighted by molar-refractivity contribution is 7.99. The summed E-state index contributed by atoms with van der Waals surface area (Å²) in [6.45, 7) is 6.99. The van der Waals surface area contributed by atoms with Gasteiger partial charge < -0.3 is 70.1 Å². The Kier molecular flexibility index (Phi) is 20.9. The number of aromatic hydroxyl groups is 2. The molecule has 5 heterocycles. The number of benzene rings is 4. The second-order valence-corrected chi connectivity index (χ2v) is 23.4. The molecule has 4 aliphatic rings. The molecule has 5 aromatic rings. The predicted molar refractivity (Wildman–Crippen MR) is 338 cm³/mol. The fourth-order valence-corrected chi connectivity index (χ4v) is 11.7. The lowest BCUT2D eigenvalue weighted by Crippen LogP contribution is -2.53. The maximum atomic E-state index is 14.2. The number of nitrogens with one attached hydrogen (secondary N) is 4. The van der Waals surface area contributed by atoms with E-state index in [0.29, 0.717) is 89.7 Å². The third kappa shape index (κ3) is 15.2. The van der Waals surface area contributed by atoms with Crippen molar-refractivity contribution in [3.8, 4) is 40.5 Å². The molecule has 0 saturated heterocycles. The van der Waals surface area contributed by atoms with Gasteiger partial charge in [-0.1, -0.05) is 44.5 Å². The van der Waals surface area contributed by atoms with Crippen LogP contribution in [0.1, 0.15) is 104 Å². The molecule has 0 fully saturated rings. The first-order chi connectivity index (χ1) is 43.2. The summed E-state index contributed by atoms with van der Waals surface area (Å²) in [5.41, 5.74) is 5.83. The van der Waals surface area contributed by atoms with Gasteiger partial charge in [-0.25, -0.2) is 4.79 Å². The molecule has 0 aliphatic carbocycles. The molecule has 7 N–H and O–H groups in total. The molecule has 9 rings (SSSR count). The summed E-state index contributed by atoms with van der Waals surface area (Å²) in [5.74, 6) is -2.11. The van der Waals surface area contributed by atoms with E-state index in [4.69, 9.17) is 33.7 Å². The number of anilines is 1. The molecule has 474 valence electrons. The van der Waals surface area contributed by atoms with Crippen LogP contribution in [0, 0.1) is 5.92 Å². The van der Waals surface area contributed by atoms with E-state index in [2.05, 4.69) is 21.3 Å². The Morgan fingerprint density at radius 1 is 0.667 bits per heavy atom. The van der Waals surface area contributed by atoms with Crippen LogP contribution in [-0.2, 0) is 30.5 Å². The number of fused-ring (bicyclic) bond motifs is 4. The van der Waals surface area contributed by atoms with Crippen LogP contribution >= 0.6 is 11.8 Å². The van der Waals surface area contributed by atoms with Gasteiger partial charge in [-0.15, -0.1) is 11.8 Å². The van der Waals surface area contributed by atoms with Crippen molar-refractivity contribution in [2.45, 2.75) is 114 Å². The van der Waals surface area contributed by atoms with Gasteiger partial charge in [-0.3, -0.25) is 43.3 Å². The largest absolute Gasteiger partial charge is 0.497 e. The molecule has 0 saturated carbocycles. The van der Waals surface area contributed by atoms with E-state index in [1.54, 1.807) is 92.7 Å². The van der Waals surface area contributed by atoms with E-state index in [9.17, 15) is 48.9 Å². The van der Waals surface area contributed by atoms with Gasteiger partial charge in [0, 0.05) is 93.6 Å². The van der Waals surface area contributed by atoms with Crippen LogP contribution in [-0.4, -0.2) is 154 Å². The lowest BCUT2D eigenvalue weighted by atomic mass is 10.0. The SMILES string of the molecule is COc1ccc(C2=CN3C(=O)c4cc(OC)c(OCCCOc5cc6c(cc5OC)C(=O)N5C=C(c7ccc(NC(=O)C(C)NC(=O)C(NC(=O)CCCCCn8c(O)cc(SCC(NC(C)=O)C(=O)O)c8O)C(C)C)cc7)CC5C=N6)cc4N=CC3C2)cc1. The van der Waals surface area contributed by atoms with Gasteiger partial charge in [-0.2, -0.15) is 0 Å². The number of thioether (sulfide) groups is 1. The molecule has 4 aromatic carbocycles. The number of aliphatic carboxylic acids is 1. The van der Waals surface area contributed by atoms with Crippen LogP contribution in [0.5, 0.6) is 40.5 Å². The molecule has 0 radical (unpaired) electrons. The number of carboxylic acids is 1. The molecule has 1 aromatic heterocycles. The standard InChI is InChI=1S/C65H73N9O15S/c1-36(2)59(71-57(76)12-9-8-10-21-72-58(77)30-56(64(72)82)90-35-51(65(83)84)69-38(4)75)61(79)68-37(3)60(78)70-43-17-13-39(14-18-43)41-24-44-31-66-49-28-54(52(86-6)26-47(49)62(80)73(44)33-41)88-22-11-23-89-55-29-50-48(27-53(55)87-7)63(81)74-34-42(25-45(74)32-67-50)40-15-19-46(85-5)20-16-40/h13-20,26-34,36-37,44-45,51,59,77,82H,8-12,21-25,35H2,1-7H3,(H,68,79)(H,69,75)(H,70,78)(H,71,76)(H,83,84). The molecule has 24 nitrogen and oxygen atoms in total. The number of amides is 6. The number of hydrogen-bond donors (Lipinski definition) is 7. The Bertz CT molecular complexity index is 3670. The molecule has 25 heteroatoms. The summed E-state index contributed by atoms with van der Waals surface area (Å²) in [7, 11) is 4.63. The number of hydrogen-bond acceptors (Lipinski definition) is 17. The van der Waals surface area contributed by atoms with Crippen molar-refractivity contribution in [3.05, 3.63) is 114 Å². The lowest BCUT2D eigenvalue weighted by Gasteiger charge is -2.24. The molecule has 90 heavy (non-hydrogen) atoms. The van der Waals surface area contributed by atoms with Crippen LogP contribution < -0.4 is 45.0 Å². The fourth-order valence-electron chi connectivity index (χ4n) is 10.7. The van der Waals surface area contributed by atoms with Gasteiger partial charge in [0.15, 0.2) is 28.9 Å². The Labute approximate surface area is 524 Å². The van der Waals surface area contributed by atoms with E-state index in [-0.39, 0.29) is 84.3 Å². The Hall–Kier alpha value is -9.78. The average Bonchev–Trinajstić information content (AvgIpc) is 1.67. The summed E-state index contributed by atoms with van der Waals surface area (Å²) in [4.78, 5) is 104. The number of aliphatic imine (C=N–C) groups is 2. The zero-order chi connectivity index (χ0) is 64.3. The molecule has 4 aliphatic heterocycles. The smallest absolute Gasteiger partial charge is 0.327 e. The first-order valence-corrected chi connectivity index (χ1v) is 30.5. The van der Waals surface area contributed by atoms with Gasteiger partial charge in [-0.05, 0) is 84.4 Å². The van der Waals surface area contributed by atoms with Crippen molar-refractivity contribution >= 4 is 93.8 Å². The summed E-state index contributed by atoms with van der Waals surface area (Å²) in [6.07, 6.45) is 10.3. The van der Waals surface area contributed by atoms with E-state index in [1.165, 1.54) is 31.8 Å². The quantitative estimate of drug-likeness (QED) is 0.0183. The van der Waals surface area contributed by atoms with Crippen molar-refractivity contribution in [1.82, 2.24) is 30.3 Å². The lowest BCUT2D eigenvalue weighted by molar-refractivity contribution is -0.140. The number of carboxylic acid groups (broad SMARTS) is 1. The van der Waals surface area contributed by atoms with Gasteiger partial charge >= 0.3 is 5.97 Å². The van der Waals surface area contributed by atoms with Crippen LogP contribution in [0.15, 0.2) is 106 Å². The van der Waals surface area contributed by atoms with Crippen molar-refractivity contribution < 1.29 is 72.6 Å². The van der Waals surface area contributed by atoms with Crippen LogP contribution in [0.4, 0.5) is 17.1 Å². The topological polar surface area (TPSA) is 311 Å². The molecule has 6 amide bonds. The fraction of sp³-hybridized carbons (Fsp3) is 0.369. The zero-order valence-corrected chi connectivity index (χ0v) is 51.8. The van der Waals surface area contributed by atoms with Crippen molar-refractivity contribution in [1.29, 1.82) is 0 Å². The number of ether oxygens (including phenoxy) is 5. The number of rotatable bonds is 28. The van der Waals surface area contributed by atoms with Crippen molar-refractivity contribution in [2.75, 3.05) is 45.6 Å². The van der Waals surface area contributed by atoms with Gasteiger partial charge in [0.2, 0.25) is 29.5 Å². The van der Waals surface area contributed by atoms with Crippen molar-refractivity contribution in [3.63, 3.8) is 0 Å². The second kappa shape index (κ2) is 29.0. The molecular weight excluding hydrogens is 1180 g/mol. The minimum atomic E-state index is -1.23. The normalized spacial score (nSPS) is 16.4. The van der Waals surface area contributed by atoms with E-state index >= 15 is 0 Å². The number of methoxy groups -OCH3 is 3. The first-order valence-electron chi connectivity index (χ1n) is 29.5. The third-order valence-electron chi connectivity index (χ3n) is 15.6. The molecule has 5 unspecified atom stereocenters. The molecule has 0 bridgehead atoms. The highest BCUT2D eigenvalue weighted by atomic mass is 32.2. The van der Waals surface area contributed by atoms with Crippen LogP contribution in [0.25, 0.3) is 11.1 Å². The summed E-state index contributed by atoms with van der Waals surface area (Å²) in [6, 6.07) is 19.1. The number of nitrogens with zero attached hydrogens (tertiary/aromatic N) is 5. The first kappa shape index (κ1) is 64.7. The van der Waals surface area contributed by atoms with E-state index in [1.807, 2.05) is 42.6 Å². The Morgan fingerprint density at radius 2 is 1.22 bits per heavy atom. The molecule has 5 atom stereocenters. The maximum Gasteiger partial charge on any atom is 0.327 e. The Morgan fingerprint density at radius 3 is 1.73 bits per heavy atom. The summed E-state index contributed by atoms with van der Waals surface area (Å²) in [5, 5.41) is 41.1. The number of unbranched alkanes of at least 4 members (excludes halogenated alkanes) is 2. The van der Waals surface area contributed by atoms with E-state index in [0.717, 1.165) is 39.8 Å². The van der Waals surface area contributed by atoms with Gasteiger partial charge in [0.25, 0.3) is 11.8 Å². The number of carbonyl (C=O) groups excluding carboxylic acids is 6. The van der Waals surface area contributed by atoms with Crippen LogP contribution in [0.3, 0.4) is 0 Å². The van der Waals surface area contributed by atoms with Crippen LogP contribution in [0.2, 0.25) is 0 Å². The maximum absolute atomic E-state index is 14.2. The summed E-state index contributed by atoms with van der Waals surface area (Å²) >= 11 is 0.972. The highest BCUT2D eigenvalue weighted by Gasteiger charge is 2.36. The van der Waals surface area contributed by atoms with Crippen molar-refractivity contribution in [2.24, 2.45) is 15.9 Å². The Balaban J connectivity index is 0.713. The van der Waals surface area contributed by atoms with Gasteiger partial charge in [0.1, 0.15) is 23.9 Å². The minimum absolute atomic E-state index is 0.0759. The minimum Gasteiger partial charge on any atom is -0.497 e. The molecule has 0 spiro atoms. The number of aromatic nitrogens is 1. The average molecular weight is 1250 g/mol. The van der Waals surface area contributed by atoms with Gasteiger partial charge in [0.05, 0.1) is 74.0 Å². The number of carbonyl (C=O) groups is 7.